The van der Waals surface area contributed by atoms with Crippen molar-refractivity contribution >= 4 is 29.1 Å². The second kappa shape index (κ2) is 6.14. The van der Waals surface area contributed by atoms with Gasteiger partial charge in [-0.25, -0.2) is 8.78 Å². The highest BCUT2D eigenvalue weighted by Crippen LogP contribution is 2.25. The van der Waals surface area contributed by atoms with Gasteiger partial charge in [-0.2, -0.15) is 0 Å². The molecule has 0 aliphatic rings. The number of nitrogens with one attached hydrogen (secondary N) is 1. The molecule has 2 N–H and O–H groups in total. The molecule has 17 heavy (non-hydrogen) atoms. The summed E-state index contributed by atoms with van der Waals surface area (Å²) in [5.74, 6) is -0.669. The first kappa shape index (κ1) is 14.2. The van der Waals surface area contributed by atoms with Crippen molar-refractivity contribution in [1.82, 2.24) is 5.32 Å². The van der Waals surface area contributed by atoms with Gasteiger partial charge in [0, 0.05) is 6.54 Å². The first-order chi connectivity index (χ1) is 7.93. The number of hydrogen-bond donors (Lipinski definition) is 2. The molecule has 1 aromatic carbocycles. The average Bonchev–Trinajstić information content (AvgIpc) is 2.29. The van der Waals surface area contributed by atoms with Crippen molar-refractivity contribution in [1.29, 1.82) is 0 Å². The van der Waals surface area contributed by atoms with E-state index in [1.54, 1.807) is 0 Å². The van der Waals surface area contributed by atoms with Gasteiger partial charge in [-0.1, -0.05) is 29.3 Å². The highest BCUT2D eigenvalue weighted by atomic mass is 35.5. The molecule has 0 aliphatic carbocycles. The number of aliphatic hydroxyl groups is 1. The van der Waals surface area contributed by atoms with Gasteiger partial charge in [-0.15, -0.1) is 0 Å². The van der Waals surface area contributed by atoms with Crippen LogP contribution in [0.5, 0.6) is 0 Å². The summed E-state index contributed by atoms with van der Waals surface area (Å²) in [4.78, 5) is 11.5. The SMILES string of the molecule is O=C(NCC(O)C(F)F)c1cccc(Cl)c1Cl. The largest absolute Gasteiger partial charge is 0.385 e. The zero-order valence-electron chi connectivity index (χ0n) is 8.46. The highest BCUT2D eigenvalue weighted by molar-refractivity contribution is 6.43. The minimum absolute atomic E-state index is 0.0400. The number of rotatable bonds is 4. The normalized spacial score (nSPS) is 12.6. The van der Waals surface area contributed by atoms with Crippen molar-refractivity contribution in [3.63, 3.8) is 0 Å². The number of amides is 1. The first-order valence-corrected chi connectivity index (χ1v) is 5.37. The number of benzene rings is 1. The van der Waals surface area contributed by atoms with Gasteiger partial charge in [0.05, 0.1) is 15.6 Å². The number of alkyl halides is 2. The predicted molar refractivity (Wildman–Crippen MR) is 60.8 cm³/mol. The minimum atomic E-state index is -2.91. The molecule has 0 bridgehead atoms. The van der Waals surface area contributed by atoms with Crippen LogP contribution in [0.3, 0.4) is 0 Å². The van der Waals surface area contributed by atoms with Crippen LogP contribution in [0.15, 0.2) is 18.2 Å². The lowest BCUT2D eigenvalue weighted by atomic mass is 10.2. The molecule has 1 amide bonds. The molecule has 94 valence electrons. The maximum atomic E-state index is 12.0. The monoisotopic (exact) mass is 283 g/mol. The van der Waals surface area contributed by atoms with Crippen LogP contribution in [0.1, 0.15) is 10.4 Å². The van der Waals surface area contributed by atoms with Gasteiger partial charge >= 0.3 is 0 Å². The molecule has 0 saturated heterocycles. The summed E-state index contributed by atoms with van der Waals surface area (Å²) in [5, 5.41) is 11.2. The van der Waals surface area contributed by atoms with Crippen LogP contribution in [-0.4, -0.2) is 30.1 Å². The van der Waals surface area contributed by atoms with Gasteiger partial charge in [0.2, 0.25) is 0 Å². The van der Waals surface area contributed by atoms with Gasteiger partial charge in [-0.3, -0.25) is 4.79 Å². The summed E-state index contributed by atoms with van der Waals surface area (Å²) in [6.45, 7) is -0.556. The van der Waals surface area contributed by atoms with Crippen LogP contribution in [0.4, 0.5) is 8.78 Å². The van der Waals surface area contributed by atoms with Crippen LogP contribution >= 0.6 is 23.2 Å². The molecule has 0 fully saturated rings. The number of aliphatic hydroxyl groups excluding tert-OH is 1. The van der Waals surface area contributed by atoms with Crippen molar-refractivity contribution in [3.05, 3.63) is 33.8 Å². The summed E-state index contributed by atoms with van der Waals surface area (Å²) in [6, 6.07) is 4.40. The zero-order valence-corrected chi connectivity index (χ0v) is 9.97. The van der Waals surface area contributed by atoms with E-state index >= 15 is 0 Å². The third-order valence-corrected chi connectivity index (χ3v) is 2.78. The van der Waals surface area contributed by atoms with E-state index < -0.39 is 25.0 Å². The first-order valence-electron chi connectivity index (χ1n) is 4.62. The lowest BCUT2D eigenvalue weighted by Crippen LogP contribution is -2.35. The van der Waals surface area contributed by atoms with E-state index in [1.807, 2.05) is 0 Å². The fourth-order valence-electron chi connectivity index (χ4n) is 1.06. The molecule has 3 nitrogen and oxygen atoms in total. The molecular weight excluding hydrogens is 275 g/mol. The van der Waals surface area contributed by atoms with Gasteiger partial charge in [0.25, 0.3) is 12.3 Å². The Labute approximate surface area is 106 Å². The molecule has 7 heteroatoms. The third kappa shape index (κ3) is 3.80. The number of carbonyl (C=O) groups is 1. The molecule has 0 radical (unpaired) electrons. The van der Waals surface area contributed by atoms with Crippen molar-refractivity contribution in [2.75, 3.05) is 6.54 Å². The van der Waals surface area contributed by atoms with E-state index in [1.165, 1.54) is 18.2 Å². The van der Waals surface area contributed by atoms with Crippen LogP contribution < -0.4 is 5.32 Å². The molecule has 1 rings (SSSR count). The van der Waals surface area contributed by atoms with E-state index in [9.17, 15) is 13.6 Å². The maximum absolute atomic E-state index is 12.0. The summed E-state index contributed by atoms with van der Waals surface area (Å²) in [5.41, 5.74) is 0.0700. The Balaban J connectivity index is 2.68. The second-order valence-corrected chi connectivity index (χ2v) is 4.00. The molecule has 1 unspecified atom stereocenters. The topological polar surface area (TPSA) is 49.3 Å². The Bertz CT molecular complexity index is 415. The Kier molecular flexibility index (Phi) is 5.11. The van der Waals surface area contributed by atoms with Gasteiger partial charge in [-0.05, 0) is 12.1 Å². The van der Waals surface area contributed by atoms with Gasteiger partial charge < -0.3 is 10.4 Å². The van der Waals surface area contributed by atoms with Gasteiger partial charge in [0.15, 0.2) is 0 Å². The van der Waals surface area contributed by atoms with Crippen molar-refractivity contribution < 1.29 is 18.7 Å². The summed E-state index contributed by atoms with van der Waals surface area (Å²) >= 11 is 11.5. The molecule has 1 aromatic rings. The lowest BCUT2D eigenvalue weighted by molar-refractivity contribution is -0.00270. The maximum Gasteiger partial charge on any atom is 0.265 e. The second-order valence-electron chi connectivity index (χ2n) is 3.21. The van der Waals surface area contributed by atoms with E-state index in [0.29, 0.717) is 0 Å². The van der Waals surface area contributed by atoms with Crippen molar-refractivity contribution in [2.45, 2.75) is 12.5 Å². The summed E-state index contributed by atoms with van der Waals surface area (Å²) < 4.78 is 24.0. The van der Waals surface area contributed by atoms with E-state index in [-0.39, 0.29) is 15.6 Å². The smallest absolute Gasteiger partial charge is 0.265 e. The van der Waals surface area contributed by atoms with E-state index in [0.717, 1.165) is 0 Å². The van der Waals surface area contributed by atoms with Crippen LogP contribution in [0, 0.1) is 0 Å². The molecule has 1 atom stereocenters. The Morgan fingerprint density at radius 1 is 1.41 bits per heavy atom. The van der Waals surface area contributed by atoms with Crippen LogP contribution in [-0.2, 0) is 0 Å². The quantitative estimate of drug-likeness (QED) is 0.891. The fourth-order valence-corrected chi connectivity index (χ4v) is 1.45. The number of carbonyl (C=O) groups excluding carboxylic acids is 1. The van der Waals surface area contributed by atoms with E-state index in [2.05, 4.69) is 5.32 Å². The molecule has 0 heterocycles. The van der Waals surface area contributed by atoms with Crippen LogP contribution in [0.25, 0.3) is 0 Å². The fraction of sp³-hybridized carbons (Fsp3) is 0.300. The molecular formula is C10H9Cl2F2NO2. The van der Waals surface area contributed by atoms with E-state index in [4.69, 9.17) is 28.3 Å². The predicted octanol–water partition coefficient (Wildman–Crippen LogP) is 2.35. The standard InChI is InChI=1S/C10H9Cl2F2NO2/c11-6-3-1-2-5(8(6)12)10(17)15-4-7(16)9(13)14/h1-3,7,9,16H,4H2,(H,15,17). The molecule has 0 aromatic heterocycles. The molecule has 0 spiro atoms. The third-order valence-electron chi connectivity index (χ3n) is 1.96. The van der Waals surface area contributed by atoms with Crippen LogP contribution in [0.2, 0.25) is 10.0 Å². The Morgan fingerprint density at radius 3 is 2.65 bits per heavy atom. The van der Waals surface area contributed by atoms with Crippen molar-refractivity contribution in [2.24, 2.45) is 0 Å². The lowest BCUT2D eigenvalue weighted by Gasteiger charge is -2.11. The zero-order chi connectivity index (χ0) is 13.0. The highest BCUT2D eigenvalue weighted by Gasteiger charge is 2.19. The van der Waals surface area contributed by atoms with Crippen molar-refractivity contribution in [3.8, 4) is 0 Å². The number of halogens is 4. The number of hydrogen-bond acceptors (Lipinski definition) is 2. The summed E-state index contributed by atoms with van der Waals surface area (Å²) in [7, 11) is 0. The van der Waals surface area contributed by atoms with Gasteiger partial charge in [0.1, 0.15) is 6.10 Å². The molecule has 0 aliphatic heterocycles. The Hall–Kier alpha value is -0.910. The molecule has 0 saturated carbocycles. The summed E-state index contributed by atoms with van der Waals surface area (Å²) in [6.07, 6.45) is -4.82. The average molecular weight is 284 g/mol. The Morgan fingerprint density at radius 2 is 2.06 bits per heavy atom. The minimum Gasteiger partial charge on any atom is -0.385 e.